The van der Waals surface area contributed by atoms with Crippen LogP contribution in [-0.4, -0.2) is 35.8 Å². The number of carbonyl (C=O) groups excluding carboxylic acids is 2. The average Bonchev–Trinajstić information content (AvgIpc) is 2.53. The topological polar surface area (TPSA) is 49.4 Å². The minimum Gasteiger partial charge on any atom is -0.314 e. The number of amides is 2. The number of carbonyl (C=O) groups is 2. The zero-order valence-electron chi connectivity index (χ0n) is 9.87. The smallest absolute Gasteiger partial charge is 0.232 e. The number of nitrogens with one attached hydrogen (secondary N) is 1. The van der Waals surface area contributed by atoms with E-state index in [1.165, 1.54) is 24.2 Å². The van der Waals surface area contributed by atoms with Crippen LogP contribution in [0, 0.1) is 5.92 Å². The summed E-state index contributed by atoms with van der Waals surface area (Å²) < 4.78 is 0. The number of rotatable bonds is 3. The van der Waals surface area contributed by atoms with Crippen molar-refractivity contribution in [3.8, 4) is 0 Å². The number of hydrogen-bond acceptors (Lipinski definition) is 3. The van der Waals surface area contributed by atoms with Crippen LogP contribution in [0.2, 0.25) is 0 Å². The van der Waals surface area contributed by atoms with E-state index < -0.39 is 0 Å². The molecule has 1 N–H and O–H groups in total. The predicted molar refractivity (Wildman–Crippen MR) is 60.8 cm³/mol. The molecule has 4 heteroatoms. The normalized spacial score (nSPS) is 31.2. The van der Waals surface area contributed by atoms with Crippen molar-refractivity contribution >= 4 is 11.8 Å². The lowest BCUT2D eigenvalue weighted by Gasteiger charge is -2.25. The van der Waals surface area contributed by atoms with Gasteiger partial charge in [-0.1, -0.05) is 13.3 Å². The maximum atomic E-state index is 11.7. The Labute approximate surface area is 96.4 Å². The Balaban J connectivity index is 1.80. The van der Waals surface area contributed by atoms with Gasteiger partial charge in [0.25, 0.3) is 0 Å². The van der Waals surface area contributed by atoms with Crippen molar-refractivity contribution in [2.24, 2.45) is 5.92 Å². The zero-order valence-corrected chi connectivity index (χ0v) is 9.87. The zero-order chi connectivity index (χ0) is 11.5. The molecule has 0 spiro atoms. The summed E-state index contributed by atoms with van der Waals surface area (Å²) in [4.78, 5) is 24.7. The molecule has 0 saturated carbocycles. The van der Waals surface area contributed by atoms with Gasteiger partial charge in [0.15, 0.2) is 0 Å². The van der Waals surface area contributed by atoms with Crippen molar-refractivity contribution in [2.45, 2.75) is 45.1 Å². The largest absolute Gasteiger partial charge is 0.314 e. The van der Waals surface area contributed by atoms with Crippen LogP contribution in [0.25, 0.3) is 0 Å². The Morgan fingerprint density at radius 1 is 1.38 bits per heavy atom. The minimum atomic E-state index is -0.105. The van der Waals surface area contributed by atoms with Gasteiger partial charge in [-0.05, 0) is 25.8 Å². The van der Waals surface area contributed by atoms with E-state index in [0.717, 1.165) is 13.0 Å². The minimum absolute atomic E-state index is 0.00769. The molecular weight excluding hydrogens is 204 g/mol. The molecule has 0 aromatic carbocycles. The number of likely N-dealkylation sites (tertiary alicyclic amines) is 1. The Morgan fingerprint density at radius 3 is 2.75 bits per heavy atom. The van der Waals surface area contributed by atoms with E-state index in [1.807, 2.05) is 6.92 Å². The summed E-state index contributed by atoms with van der Waals surface area (Å²) >= 11 is 0. The first kappa shape index (κ1) is 11.6. The summed E-state index contributed by atoms with van der Waals surface area (Å²) in [6.45, 7) is 3.50. The van der Waals surface area contributed by atoms with Crippen LogP contribution >= 0.6 is 0 Å². The Morgan fingerprint density at radius 2 is 2.19 bits per heavy atom. The van der Waals surface area contributed by atoms with Crippen molar-refractivity contribution in [2.75, 3.05) is 13.1 Å². The molecule has 0 aromatic rings. The second-order valence-electron chi connectivity index (χ2n) is 4.92. The summed E-state index contributed by atoms with van der Waals surface area (Å²) in [5.74, 6) is -0.0825. The fourth-order valence-corrected chi connectivity index (χ4v) is 2.54. The van der Waals surface area contributed by atoms with Gasteiger partial charge in [0.1, 0.15) is 0 Å². The Hall–Kier alpha value is -0.900. The van der Waals surface area contributed by atoms with Gasteiger partial charge >= 0.3 is 0 Å². The van der Waals surface area contributed by atoms with E-state index in [-0.39, 0.29) is 17.7 Å². The van der Waals surface area contributed by atoms with Crippen molar-refractivity contribution in [3.63, 3.8) is 0 Å². The summed E-state index contributed by atoms with van der Waals surface area (Å²) in [5.41, 5.74) is 0. The lowest BCUT2D eigenvalue weighted by molar-refractivity contribution is -0.139. The molecule has 2 rings (SSSR count). The molecular formula is C12H20N2O2. The van der Waals surface area contributed by atoms with Gasteiger partial charge < -0.3 is 5.32 Å². The molecule has 2 atom stereocenters. The van der Waals surface area contributed by atoms with Gasteiger partial charge in [-0.25, -0.2) is 0 Å². The van der Waals surface area contributed by atoms with Crippen LogP contribution in [-0.2, 0) is 9.59 Å². The summed E-state index contributed by atoms with van der Waals surface area (Å²) in [6.07, 6.45) is 4.98. The second kappa shape index (κ2) is 4.95. The number of imide groups is 1. The van der Waals surface area contributed by atoms with Gasteiger partial charge in [-0.15, -0.1) is 0 Å². The highest BCUT2D eigenvalue weighted by Crippen LogP contribution is 2.20. The van der Waals surface area contributed by atoms with Gasteiger partial charge in [0.2, 0.25) is 11.8 Å². The van der Waals surface area contributed by atoms with Gasteiger partial charge in [-0.3, -0.25) is 14.5 Å². The van der Waals surface area contributed by atoms with Crippen LogP contribution in [0.4, 0.5) is 0 Å². The molecule has 4 nitrogen and oxygen atoms in total. The molecule has 2 aliphatic heterocycles. The van der Waals surface area contributed by atoms with Crippen LogP contribution < -0.4 is 5.32 Å². The van der Waals surface area contributed by atoms with E-state index in [4.69, 9.17) is 0 Å². The maximum absolute atomic E-state index is 11.7. The summed E-state index contributed by atoms with van der Waals surface area (Å²) in [5, 5.41) is 3.43. The van der Waals surface area contributed by atoms with Crippen molar-refractivity contribution < 1.29 is 9.59 Å². The first-order valence-corrected chi connectivity index (χ1v) is 6.26. The summed E-state index contributed by atoms with van der Waals surface area (Å²) in [7, 11) is 0. The van der Waals surface area contributed by atoms with Gasteiger partial charge in [-0.2, -0.15) is 0 Å². The highest BCUT2D eigenvalue weighted by atomic mass is 16.2. The van der Waals surface area contributed by atoms with Crippen LogP contribution in [0.15, 0.2) is 0 Å². The molecule has 2 amide bonds. The molecule has 2 saturated heterocycles. The summed E-state index contributed by atoms with van der Waals surface area (Å²) in [6, 6.07) is 0.491. The lowest BCUT2D eigenvalue weighted by Crippen LogP contribution is -2.39. The molecule has 2 aliphatic rings. The van der Waals surface area contributed by atoms with E-state index in [2.05, 4.69) is 5.32 Å². The molecule has 16 heavy (non-hydrogen) atoms. The van der Waals surface area contributed by atoms with E-state index in [0.29, 0.717) is 19.0 Å². The third kappa shape index (κ3) is 2.43. The Bertz CT molecular complexity index is 285. The SMILES string of the molecule is CC1CC(=O)N(CCC2CCCCN2)C1=O. The molecule has 0 radical (unpaired) electrons. The highest BCUT2D eigenvalue weighted by Gasteiger charge is 2.35. The molecule has 2 unspecified atom stereocenters. The average molecular weight is 224 g/mol. The predicted octanol–water partition coefficient (Wildman–Crippen LogP) is 0.914. The Kier molecular flexibility index (Phi) is 3.59. The molecule has 0 aliphatic carbocycles. The van der Waals surface area contributed by atoms with Crippen molar-refractivity contribution in [3.05, 3.63) is 0 Å². The van der Waals surface area contributed by atoms with Crippen LogP contribution in [0.3, 0.4) is 0 Å². The molecule has 90 valence electrons. The third-order valence-electron chi connectivity index (χ3n) is 3.58. The fourth-order valence-electron chi connectivity index (χ4n) is 2.54. The molecule has 0 bridgehead atoms. The quantitative estimate of drug-likeness (QED) is 0.725. The van der Waals surface area contributed by atoms with Gasteiger partial charge in [0.05, 0.1) is 0 Å². The van der Waals surface area contributed by atoms with Crippen molar-refractivity contribution in [1.29, 1.82) is 0 Å². The van der Waals surface area contributed by atoms with Gasteiger partial charge in [0, 0.05) is 24.9 Å². The highest BCUT2D eigenvalue weighted by molar-refractivity contribution is 6.03. The van der Waals surface area contributed by atoms with E-state index >= 15 is 0 Å². The third-order valence-corrected chi connectivity index (χ3v) is 3.58. The van der Waals surface area contributed by atoms with Crippen LogP contribution in [0.1, 0.15) is 39.0 Å². The second-order valence-corrected chi connectivity index (χ2v) is 4.92. The number of hydrogen-bond donors (Lipinski definition) is 1. The first-order valence-electron chi connectivity index (χ1n) is 6.26. The van der Waals surface area contributed by atoms with Crippen molar-refractivity contribution in [1.82, 2.24) is 10.2 Å². The number of piperidine rings is 1. The van der Waals surface area contributed by atoms with E-state index in [9.17, 15) is 9.59 Å². The monoisotopic (exact) mass is 224 g/mol. The standard InChI is InChI=1S/C12H20N2O2/c1-9-8-11(15)14(12(9)16)7-5-10-4-2-3-6-13-10/h9-10,13H,2-8H2,1H3. The molecule has 2 heterocycles. The maximum Gasteiger partial charge on any atom is 0.232 e. The number of nitrogens with zero attached hydrogens (tertiary/aromatic N) is 1. The first-order chi connectivity index (χ1) is 7.68. The molecule has 0 aromatic heterocycles. The fraction of sp³-hybridized carbons (Fsp3) is 0.833. The molecule has 2 fully saturated rings. The lowest BCUT2D eigenvalue weighted by atomic mass is 10.0. The van der Waals surface area contributed by atoms with Crippen LogP contribution in [0.5, 0.6) is 0 Å². The van der Waals surface area contributed by atoms with E-state index in [1.54, 1.807) is 0 Å².